The van der Waals surface area contributed by atoms with E-state index in [4.69, 9.17) is 14.0 Å². The van der Waals surface area contributed by atoms with Crippen molar-refractivity contribution in [1.82, 2.24) is 4.98 Å². The third-order valence-electron chi connectivity index (χ3n) is 5.07. The maximum Gasteiger partial charge on any atom is 1.00 e. The fourth-order valence-corrected chi connectivity index (χ4v) is 4.04. The third kappa shape index (κ3) is 5.64. The number of hydrogen-bond acceptors (Lipinski definition) is 8. The Morgan fingerprint density at radius 2 is 2.00 bits per heavy atom. The molecule has 1 aliphatic heterocycles. The number of fused-ring (bicyclic) bond motifs is 1. The molecule has 2 aromatic rings. The van der Waals surface area contributed by atoms with Gasteiger partial charge in [-0.05, 0) is 31.2 Å². The van der Waals surface area contributed by atoms with E-state index in [0.29, 0.717) is 23.6 Å². The normalized spacial score (nSPS) is 17.7. The largest absolute Gasteiger partial charge is 1.00 e. The molecule has 29 heavy (non-hydrogen) atoms. The van der Waals surface area contributed by atoms with Gasteiger partial charge in [0.15, 0.2) is 11.5 Å². The molecule has 10 heteroatoms. The number of ether oxygens (including phenoxy) is 2. The number of nitriles is 1. The Morgan fingerprint density at radius 1 is 1.28 bits per heavy atom. The molecular weight excluding hydrogens is 404 g/mol. The van der Waals surface area contributed by atoms with Gasteiger partial charge in [-0.15, -0.1) is 0 Å². The van der Waals surface area contributed by atoms with Gasteiger partial charge in [-0.1, -0.05) is 0 Å². The van der Waals surface area contributed by atoms with Crippen LogP contribution in [0.25, 0.3) is 10.9 Å². The van der Waals surface area contributed by atoms with Crippen LogP contribution in [0.1, 0.15) is 24.8 Å². The van der Waals surface area contributed by atoms with Crippen molar-refractivity contribution >= 4 is 24.8 Å². The van der Waals surface area contributed by atoms with Gasteiger partial charge in [0, 0.05) is 30.7 Å². The molecule has 0 spiro atoms. The van der Waals surface area contributed by atoms with E-state index in [-0.39, 0.29) is 42.1 Å². The Morgan fingerprint density at radius 3 is 2.66 bits per heavy atom. The van der Waals surface area contributed by atoms with E-state index in [1.165, 1.54) is 0 Å². The van der Waals surface area contributed by atoms with E-state index in [2.05, 4.69) is 16.0 Å². The summed E-state index contributed by atoms with van der Waals surface area (Å²) >= 11 is 0. The van der Waals surface area contributed by atoms with Crippen LogP contribution >= 0.6 is 8.25 Å². The Kier molecular flexibility index (Phi) is 9.22. The van der Waals surface area contributed by atoms with Crippen LogP contribution < -0.4 is 48.8 Å². The first-order valence-corrected chi connectivity index (χ1v) is 10.3. The number of anilines is 1. The maximum atomic E-state index is 10.7. The monoisotopic (exact) mass is 427 g/mol. The molecule has 1 aromatic carbocycles. The van der Waals surface area contributed by atoms with Gasteiger partial charge in [-0.25, -0.2) is 0 Å². The topological polar surface area (TPSA) is 108 Å². The van der Waals surface area contributed by atoms with Gasteiger partial charge in [0.05, 0.1) is 37.6 Å². The summed E-state index contributed by atoms with van der Waals surface area (Å²) < 4.78 is 26.4. The Bertz CT molecular complexity index is 921. The number of methoxy groups -OCH3 is 2. The Labute approximate surface area is 193 Å². The molecule has 2 unspecified atom stereocenters. The summed E-state index contributed by atoms with van der Waals surface area (Å²) in [4.78, 5) is 17.3. The predicted octanol–water partition coefficient (Wildman–Crippen LogP) is -0.499. The number of nitrogens with zero attached hydrogens (tertiary/aromatic N) is 3. The molecule has 0 radical (unpaired) electrons. The minimum Gasteiger partial charge on any atom is -0.781 e. The number of benzene rings is 1. The van der Waals surface area contributed by atoms with Crippen molar-refractivity contribution in [2.24, 2.45) is 5.92 Å². The summed E-state index contributed by atoms with van der Waals surface area (Å²) in [6, 6.07) is 5.90. The zero-order valence-electron chi connectivity index (χ0n) is 16.9. The molecule has 0 aliphatic carbocycles. The van der Waals surface area contributed by atoms with Crippen LogP contribution in [0.3, 0.4) is 0 Å². The van der Waals surface area contributed by atoms with Gasteiger partial charge in [-0.2, -0.15) is 5.26 Å². The molecule has 0 bridgehead atoms. The summed E-state index contributed by atoms with van der Waals surface area (Å²) in [5.41, 5.74) is 2.05. The molecule has 1 aliphatic rings. The second-order valence-corrected chi connectivity index (χ2v) is 7.49. The fraction of sp³-hybridized carbons (Fsp3) is 0.474. The zero-order chi connectivity index (χ0) is 20.1. The van der Waals surface area contributed by atoms with Crippen LogP contribution in [0.5, 0.6) is 11.5 Å². The Balaban J connectivity index is 0.00000300. The van der Waals surface area contributed by atoms with Gasteiger partial charge in [0.1, 0.15) is 14.3 Å². The van der Waals surface area contributed by atoms with E-state index in [1.807, 2.05) is 6.07 Å². The number of rotatable bonds is 6. The molecular formula is C19H23N3NaO5P. The van der Waals surface area contributed by atoms with Crippen molar-refractivity contribution in [3.05, 3.63) is 23.9 Å². The average Bonchev–Trinajstić information content (AvgIpc) is 2.95. The smallest absolute Gasteiger partial charge is 0.781 e. The zero-order valence-corrected chi connectivity index (χ0v) is 19.9. The second-order valence-electron chi connectivity index (χ2n) is 6.70. The van der Waals surface area contributed by atoms with Crippen LogP contribution in [-0.4, -0.2) is 38.9 Å². The van der Waals surface area contributed by atoms with Crippen molar-refractivity contribution in [2.45, 2.75) is 19.3 Å². The van der Waals surface area contributed by atoms with E-state index in [1.54, 1.807) is 26.5 Å². The van der Waals surface area contributed by atoms with Gasteiger partial charge < -0.3 is 28.4 Å². The maximum absolute atomic E-state index is 10.7. The van der Waals surface area contributed by atoms with Crippen molar-refractivity contribution in [1.29, 1.82) is 5.26 Å². The molecule has 1 saturated heterocycles. The average molecular weight is 427 g/mol. The van der Waals surface area contributed by atoms with Crippen LogP contribution in [-0.2, 0) is 9.09 Å². The summed E-state index contributed by atoms with van der Waals surface area (Å²) in [6.45, 7) is 1.70. The van der Waals surface area contributed by atoms with Crippen molar-refractivity contribution in [3.8, 4) is 17.6 Å². The van der Waals surface area contributed by atoms with Crippen molar-refractivity contribution in [3.63, 3.8) is 0 Å². The summed E-state index contributed by atoms with van der Waals surface area (Å²) in [5, 5.41) is 10.5. The first-order valence-electron chi connectivity index (χ1n) is 9.11. The number of pyridine rings is 1. The van der Waals surface area contributed by atoms with Crippen LogP contribution in [0.4, 0.5) is 5.69 Å². The molecule has 1 fully saturated rings. The predicted molar refractivity (Wildman–Crippen MR) is 104 cm³/mol. The molecule has 0 saturated carbocycles. The standard InChI is InChI=1S/C19H24N3O5P.Na/c1-25-17-8-15-16(9-18(17)26-2)21-11-14(10-20)19(15)22-6-3-4-13(5-7-22)12-27-28(23)24;/h8-9,11,13,28H,3-7,12H2,1-2H3,(H,23,24);/q;+1/p-1. The molecule has 3 rings (SSSR count). The SMILES string of the molecule is COc1cc2ncc(C#N)c(N3CCCC(CO[PH](=O)[O-])CC3)c2cc1OC.[Na+]. The van der Waals surface area contributed by atoms with Crippen LogP contribution in [0, 0.1) is 17.2 Å². The number of hydrogen-bond donors (Lipinski definition) is 0. The van der Waals surface area contributed by atoms with Gasteiger partial charge in [0.2, 0.25) is 0 Å². The van der Waals surface area contributed by atoms with Crippen molar-refractivity contribution in [2.75, 3.05) is 38.8 Å². The first kappa shape index (κ1) is 23.9. The molecule has 1 aromatic heterocycles. The number of aromatic nitrogens is 1. The summed E-state index contributed by atoms with van der Waals surface area (Å²) in [6.07, 6.45) is 4.14. The molecule has 150 valence electrons. The molecule has 0 amide bonds. The quantitative estimate of drug-likeness (QED) is 0.449. The van der Waals surface area contributed by atoms with E-state index in [9.17, 15) is 14.7 Å². The molecule has 2 atom stereocenters. The molecule has 0 N–H and O–H groups in total. The third-order valence-corrected chi connectivity index (χ3v) is 5.47. The van der Waals surface area contributed by atoms with Gasteiger partial charge in [-0.3, -0.25) is 4.98 Å². The minimum absolute atomic E-state index is 0. The van der Waals surface area contributed by atoms with Crippen LogP contribution in [0.15, 0.2) is 18.3 Å². The first-order chi connectivity index (χ1) is 13.6. The van der Waals surface area contributed by atoms with Gasteiger partial charge >= 0.3 is 29.6 Å². The van der Waals surface area contributed by atoms with E-state index in [0.717, 1.165) is 42.4 Å². The molecule has 2 heterocycles. The summed E-state index contributed by atoms with van der Waals surface area (Å²) in [5.74, 6) is 1.34. The second kappa shape index (κ2) is 11.2. The van der Waals surface area contributed by atoms with Gasteiger partial charge in [0.25, 0.3) is 0 Å². The van der Waals surface area contributed by atoms with E-state index >= 15 is 0 Å². The minimum atomic E-state index is -3.15. The van der Waals surface area contributed by atoms with Crippen molar-refractivity contribution < 1.29 is 53.0 Å². The fourth-order valence-electron chi connectivity index (χ4n) is 3.67. The van der Waals surface area contributed by atoms with Crippen LogP contribution in [0.2, 0.25) is 0 Å². The van der Waals surface area contributed by atoms with E-state index < -0.39 is 8.25 Å². The Hall–Kier alpha value is -1.33. The summed E-state index contributed by atoms with van der Waals surface area (Å²) in [7, 11) is -0.0102. The molecule has 8 nitrogen and oxygen atoms in total.